The first-order valence-electron chi connectivity index (χ1n) is 3.17. The number of rotatable bonds is 2. The minimum Gasteiger partial charge on any atom is -1.00 e. The second-order valence-electron chi connectivity index (χ2n) is 2.22. The fourth-order valence-corrected chi connectivity index (χ4v) is 2.26. The molecule has 1 rings (SSSR count). The molecule has 0 fully saturated rings. The van der Waals surface area contributed by atoms with Gasteiger partial charge in [-0.25, -0.2) is 0 Å². The Labute approximate surface area is 109 Å². The predicted octanol–water partition coefficient (Wildman–Crippen LogP) is -1.06. The van der Waals surface area contributed by atoms with Crippen molar-refractivity contribution in [3.05, 3.63) is 29.8 Å². The van der Waals surface area contributed by atoms with Crippen LogP contribution in [0.3, 0.4) is 0 Å². The second kappa shape index (κ2) is 5.48. The maximum Gasteiger partial charge on any atom is 1.00 e. The fourth-order valence-electron chi connectivity index (χ4n) is 0.866. The summed E-state index contributed by atoms with van der Waals surface area (Å²) < 4.78 is 30.2. The Bertz CT molecular complexity index is 382. The quantitative estimate of drug-likeness (QED) is 0.425. The Morgan fingerprint density at radius 1 is 1.38 bits per heavy atom. The molecular weight excluding hydrogens is 267 g/mol. The van der Waals surface area contributed by atoms with Crippen LogP contribution < -0.4 is 29.6 Å². The molecule has 1 aromatic rings. The summed E-state index contributed by atoms with van der Waals surface area (Å²) in [5.74, 6) is 0. The standard InChI is InChI=1S/C7H7BrO3S.Na.H/c8-5-6-3-1-2-4-7(6)12(9,10)11;;/h1-4H,5H2,(H,9,10,11);;/q;+1;-1. The molecule has 0 aromatic heterocycles. The van der Waals surface area contributed by atoms with E-state index in [0.717, 1.165) is 0 Å². The molecule has 68 valence electrons. The topological polar surface area (TPSA) is 54.4 Å². The summed E-state index contributed by atoms with van der Waals surface area (Å²) in [6.45, 7) is 0. The van der Waals surface area contributed by atoms with Gasteiger partial charge in [-0.15, -0.1) is 0 Å². The third-order valence-electron chi connectivity index (χ3n) is 1.39. The molecule has 0 bridgehead atoms. The number of benzene rings is 1. The summed E-state index contributed by atoms with van der Waals surface area (Å²) in [4.78, 5) is -0.0399. The number of hydrogen-bond donors (Lipinski definition) is 1. The fraction of sp³-hybridized carbons (Fsp3) is 0.143. The smallest absolute Gasteiger partial charge is 1.00 e. The van der Waals surface area contributed by atoms with Crippen molar-refractivity contribution >= 4 is 26.0 Å². The molecule has 3 nitrogen and oxygen atoms in total. The van der Waals surface area contributed by atoms with Crippen LogP contribution in [0.15, 0.2) is 29.2 Å². The molecule has 0 aliphatic heterocycles. The van der Waals surface area contributed by atoms with Crippen molar-refractivity contribution in [3.63, 3.8) is 0 Å². The van der Waals surface area contributed by atoms with E-state index in [1.807, 2.05) is 0 Å². The summed E-state index contributed by atoms with van der Waals surface area (Å²) in [6.07, 6.45) is 0. The molecule has 6 heteroatoms. The molecule has 0 heterocycles. The van der Waals surface area contributed by atoms with Gasteiger partial charge in [0.2, 0.25) is 0 Å². The van der Waals surface area contributed by atoms with E-state index in [-0.39, 0.29) is 35.9 Å². The Balaban J connectivity index is 0. The number of alkyl halides is 1. The van der Waals surface area contributed by atoms with Gasteiger partial charge in [0, 0.05) is 5.33 Å². The molecule has 0 saturated heterocycles. The van der Waals surface area contributed by atoms with Crippen LogP contribution in [0.2, 0.25) is 0 Å². The molecule has 0 aliphatic rings. The first-order chi connectivity index (χ1) is 5.55. The average Bonchev–Trinajstić information content (AvgIpc) is 2.03. The van der Waals surface area contributed by atoms with Gasteiger partial charge in [-0.2, -0.15) is 8.42 Å². The van der Waals surface area contributed by atoms with Crippen molar-refractivity contribution in [2.24, 2.45) is 0 Å². The van der Waals surface area contributed by atoms with Crippen LogP contribution in [0.25, 0.3) is 0 Å². The van der Waals surface area contributed by atoms with Gasteiger partial charge in [-0.3, -0.25) is 4.55 Å². The van der Waals surface area contributed by atoms with Crippen LogP contribution in [0.4, 0.5) is 0 Å². The van der Waals surface area contributed by atoms with Crippen LogP contribution in [-0.2, 0) is 15.4 Å². The average molecular weight is 275 g/mol. The Morgan fingerprint density at radius 3 is 2.31 bits per heavy atom. The normalized spacial score (nSPS) is 10.6. The summed E-state index contributed by atoms with van der Waals surface area (Å²) in [5, 5.41) is 0.406. The van der Waals surface area contributed by atoms with Gasteiger partial charge >= 0.3 is 29.6 Å². The van der Waals surface area contributed by atoms with E-state index >= 15 is 0 Å². The molecule has 0 spiro atoms. The second-order valence-corrected chi connectivity index (χ2v) is 4.17. The minimum absolute atomic E-state index is 0. The molecule has 0 radical (unpaired) electrons. The largest absolute Gasteiger partial charge is 1.00 e. The molecule has 0 atom stereocenters. The Hall–Kier alpha value is 0.610. The van der Waals surface area contributed by atoms with Gasteiger partial charge in [-0.1, -0.05) is 34.1 Å². The monoisotopic (exact) mass is 274 g/mol. The first-order valence-corrected chi connectivity index (χ1v) is 5.73. The van der Waals surface area contributed by atoms with Crippen LogP contribution in [0.5, 0.6) is 0 Å². The first kappa shape index (κ1) is 13.6. The zero-order valence-electron chi connectivity index (χ0n) is 8.07. The van der Waals surface area contributed by atoms with Crippen molar-refractivity contribution < 1.29 is 44.0 Å². The van der Waals surface area contributed by atoms with Gasteiger partial charge in [0.05, 0.1) is 4.90 Å². The molecule has 0 saturated carbocycles. The minimum atomic E-state index is -4.08. The number of hydrogen-bond acceptors (Lipinski definition) is 2. The number of halogens is 1. The molecule has 13 heavy (non-hydrogen) atoms. The zero-order valence-corrected chi connectivity index (χ0v) is 11.5. The molecule has 0 unspecified atom stereocenters. The van der Waals surface area contributed by atoms with E-state index in [2.05, 4.69) is 15.9 Å². The third-order valence-corrected chi connectivity index (χ3v) is 2.95. The third kappa shape index (κ3) is 3.69. The Kier molecular flexibility index (Phi) is 5.74. The summed E-state index contributed by atoms with van der Waals surface area (Å²) >= 11 is 3.13. The van der Waals surface area contributed by atoms with E-state index in [1.54, 1.807) is 18.2 Å². The molecule has 0 aliphatic carbocycles. The molecule has 1 N–H and O–H groups in total. The van der Waals surface area contributed by atoms with Gasteiger partial charge < -0.3 is 1.43 Å². The Morgan fingerprint density at radius 2 is 1.92 bits per heavy atom. The molecule has 1 aromatic carbocycles. The van der Waals surface area contributed by atoms with E-state index in [0.29, 0.717) is 10.9 Å². The summed E-state index contributed by atoms with van der Waals surface area (Å²) in [6, 6.07) is 6.28. The van der Waals surface area contributed by atoms with Crippen molar-refractivity contribution in [2.45, 2.75) is 10.2 Å². The van der Waals surface area contributed by atoms with Crippen LogP contribution in [0.1, 0.15) is 6.99 Å². The van der Waals surface area contributed by atoms with E-state index in [9.17, 15) is 8.42 Å². The van der Waals surface area contributed by atoms with Gasteiger partial charge in [0.15, 0.2) is 0 Å². The van der Waals surface area contributed by atoms with Crippen LogP contribution in [-0.4, -0.2) is 13.0 Å². The van der Waals surface area contributed by atoms with Gasteiger partial charge in [-0.05, 0) is 11.6 Å². The van der Waals surface area contributed by atoms with E-state index < -0.39 is 10.1 Å². The van der Waals surface area contributed by atoms with Crippen LogP contribution in [0, 0.1) is 0 Å². The summed E-state index contributed by atoms with van der Waals surface area (Å²) in [5.41, 5.74) is 0.556. The van der Waals surface area contributed by atoms with Gasteiger partial charge in [0.1, 0.15) is 0 Å². The van der Waals surface area contributed by atoms with Crippen LogP contribution >= 0.6 is 15.9 Å². The SMILES string of the molecule is O=S(=O)(O)c1ccccc1CBr.[H-].[Na+]. The zero-order chi connectivity index (χ0) is 9.19. The maximum absolute atomic E-state index is 10.7. The molecule has 0 amide bonds. The summed E-state index contributed by atoms with van der Waals surface area (Å²) in [7, 11) is -4.08. The van der Waals surface area contributed by atoms with Crippen molar-refractivity contribution in [1.29, 1.82) is 0 Å². The molecular formula is C7H8BrNaO3S. The predicted molar refractivity (Wildman–Crippen MR) is 50.0 cm³/mol. The van der Waals surface area contributed by atoms with E-state index in [1.165, 1.54) is 6.07 Å². The van der Waals surface area contributed by atoms with Crippen molar-refractivity contribution in [2.75, 3.05) is 0 Å². The van der Waals surface area contributed by atoms with Gasteiger partial charge in [0.25, 0.3) is 10.1 Å². The maximum atomic E-state index is 10.7. The van der Waals surface area contributed by atoms with Crippen molar-refractivity contribution in [3.8, 4) is 0 Å². The van der Waals surface area contributed by atoms with E-state index in [4.69, 9.17) is 4.55 Å². The van der Waals surface area contributed by atoms with Crippen molar-refractivity contribution in [1.82, 2.24) is 0 Å².